The van der Waals surface area contributed by atoms with E-state index in [9.17, 15) is 9.90 Å². The Hall–Kier alpha value is -1.75. The molecule has 1 aromatic rings. The average molecular weight is 235 g/mol. The van der Waals surface area contributed by atoms with Crippen LogP contribution in [0.5, 0.6) is 0 Å². The molecular weight excluding hydrogens is 218 g/mol. The highest BCUT2D eigenvalue weighted by molar-refractivity contribution is 6.00. The van der Waals surface area contributed by atoms with Gasteiger partial charge < -0.3 is 21.5 Å². The largest absolute Gasteiger partial charge is 0.399 e. The molecule has 17 heavy (non-hydrogen) atoms. The van der Waals surface area contributed by atoms with Gasteiger partial charge >= 0.3 is 0 Å². The van der Waals surface area contributed by atoms with Gasteiger partial charge in [0.15, 0.2) is 0 Å². The third kappa shape index (κ3) is 2.06. The van der Waals surface area contributed by atoms with Crippen molar-refractivity contribution >= 4 is 17.3 Å². The Labute approximate surface area is 100 Å². The SMILES string of the molecule is CCC1(O)CN(C(=O)c2ccc(N)cc2N)C1. The molecule has 92 valence electrons. The van der Waals surface area contributed by atoms with Gasteiger partial charge in [0, 0.05) is 11.4 Å². The first-order chi connectivity index (χ1) is 7.95. The summed E-state index contributed by atoms with van der Waals surface area (Å²) in [5.41, 5.74) is 11.9. The van der Waals surface area contributed by atoms with Crippen LogP contribution in [0.25, 0.3) is 0 Å². The summed E-state index contributed by atoms with van der Waals surface area (Å²) in [7, 11) is 0. The summed E-state index contributed by atoms with van der Waals surface area (Å²) >= 11 is 0. The summed E-state index contributed by atoms with van der Waals surface area (Å²) in [5.74, 6) is -0.152. The van der Waals surface area contributed by atoms with Crippen LogP contribution >= 0.6 is 0 Å². The van der Waals surface area contributed by atoms with Crippen molar-refractivity contribution in [3.8, 4) is 0 Å². The van der Waals surface area contributed by atoms with Crippen LogP contribution in [0.4, 0.5) is 11.4 Å². The van der Waals surface area contributed by atoms with Crippen molar-refractivity contribution < 1.29 is 9.90 Å². The highest BCUT2D eigenvalue weighted by atomic mass is 16.3. The van der Waals surface area contributed by atoms with E-state index in [0.29, 0.717) is 36.4 Å². The predicted octanol–water partition coefficient (Wildman–Crippen LogP) is 0.448. The van der Waals surface area contributed by atoms with Crippen molar-refractivity contribution in [3.05, 3.63) is 23.8 Å². The average Bonchev–Trinajstić information content (AvgIpc) is 2.24. The van der Waals surface area contributed by atoms with Crippen LogP contribution in [0, 0.1) is 0 Å². The second kappa shape index (κ2) is 3.92. The van der Waals surface area contributed by atoms with Gasteiger partial charge in [-0.3, -0.25) is 4.79 Å². The maximum Gasteiger partial charge on any atom is 0.256 e. The summed E-state index contributed by atoms with van der Waals surface area (Å²) in [6.45, 7) is 2.64. The number of hydrogen-bond acceptors (Lipinski definition) is 4. The van der Waals surface area contributed by atoms with Gasteiger partial charge in [-0.05, 0) is 24.6 Å². The number of amides is 1. The minimum atomic E-state index is -0.724. The van der Waals surface area contributed by atoms with Crippen LogP contribution < -0.4 is 11.5 Å². The standard InChI is InChI=1S/C12H17N3O2/c1-2-12(17)6-15(7-12)11(16)9-4-3-8(13)5-10(9)14/h3-5,17H,2,6-7,13-14H2,1H3. The van der Waals surface area contributed by atoms with Crippen LogP contribution in [-0.4, -0.2) is 34.6 Å². The molecule has 0 radical (unpaired) electrons. The molecule has 1 fully saturated rings. The molecule has 5 heteroatoms. The zero-order chi connectivity index (χ0) is 12.6. The topological polar surface area (TPSA) is 92.6 Å². The van der Waals surface area contributed by atoms with Crippen molar-refractivity contribution in [2.24, 2.45) is 0 Å². The van der Waals surface area contributed by atoms with Crippen LogP contribution in [0.15, 0.2) is 18.2 Å². The first-order valence-electron chi connectivity index (χ1n) is 5.62. The molecule has 1 heterocycles. The lowest BCUT2D eigenvalue weighted by Gasteiger charge is -2.46. The van der Waals surface area contributed by atoms with Crippen LogP contribution in [0.1, 0.15) is 23.7 Å². The number of rotatable bonds is 2. The fraction of sp³-hybridized carbons (Fsp3) is 0.417. The molecule has 2 rings (SSSR count). The second-order valence-electron chi connectivity index (χ2n) is 4.59. The number of hydrogen-bond donors (Lipinski definition) is 3. The lowest BCUT2D eigenvalue weighted by atomic mass is 9.90. The highest BCUT2D eigenvalue weighted by Gasteiger charge is 2.42. The van der Waals surface area contributed by atoms with E-state index < -0.39 is 5.60 Å². The van der Waals surface area contributed by atoms with Crippen molar-refractivity contribution in [2.75, 3.05) is 24.6 Å². The van der Waals surface area contributed by atoms with Crippen LogP contribution in [0.2, 0.25) is 0 Å². The minimum Gasteiger partial charge on any atom is -0.399 e. The molecule has 0 aromatic heterocycles. The zero-order valence-corrected chi connectivity index (χ0v) is 9.81. The van der Waals surface area contributed by atoms with Gasteiger partial charge in [-0.25, -0.2) is 0 Å². The molecular formula is C12H17N3O2. The quantitative estimate of drug-likeness (QED) is 0.649. The Balaban J connectivity index is 2.12. The summed E-state index contributed by atoms with van der Waals surface area (Å²) < 4.78 is 0. The maximum atomic E-state index is 12.1. The number of β-amino-alcohol motifs (C(OH)–C–C–N with tert-alkyl or cyclic N) is 1. The van der Waals surface area contributed by atoms with Crippen molar-refractivity contribution in [1.29, 1.82) is 0 Å². The van der Waals surface area contributed by atoms with Gasteiger partial charge in [0.2, 0.25) is 0 Å². The van der Waals surface area contributed by atoms with E-state index in [-0.39, 0.29) is 5.91 Å². The maximum absolute atomic E-state index is 12.1. The third-order valence-corrected chi connectivity index (χ3v) is 3.22. The number of carbonyl (C=O) groups excluding carboxylic acids is 1. The van der Waals surface area contributed by atoms with E-state index in [2.05, 4.69) is 0 Å². The predicted molar refractivity (Wildman–Crippen MR) is 66.4 cm³/mol. The number of nitrogens with zero attached hydrogens (tertiary/aromatic N) is 1. The fourth-order valence-corrected chi connectivity index (χ4v) is 1.98. The van der Waals surface area contributed by atoms with Gasteiger partial charge in [-0.15, -0.1) is 0 Å². The Morgan fingerprint density at radius 1 is 1.47 bits per heavy atom. The molecule has 0 unspecified atom stereocenters. The number of aliphatic hydroxyl groups is 1. The molecule has 0 bridgehead atoms. The first kappa shape index (κ1) is 11.7. The number of anilines is 2. The van der Waals surface area contributed by atoms with E-state index in [4.69, 9.17) is 11.5 Å². The minimum absolute atomic E-state index is 0.152. The van der Waals surface area contributed by atoms with Gasteiger partial charge in [0.25, 0.3) is 5.91 Å². The molecule has 1 aliphatic rings. The molecule has 1 aliphatic heterocycles. The first-order valence-corrected chi connectivity index (χ1v) is 5.62. The smallest absolute Gasteiger partial charge is 0.256 e. The van der Waals surface area contributed by atoms with Crippen molar-refractivity contribution in [3.63, 3.8) is 0 Å². The lowest BCUT2D eigenvalue weighted by Crippen LogP contribution is -2.63. The summed E-state index contributed by atoms with van der Waals surface area (Å²) in [6.07, 6.45) is 0.647. The number of nitrogens with two attached hydrogens (primary N) is 2. The van der Waals surface area contributed by atoms with Crippen molar-refractivity contribution in [2.45, 2.75) is 18.9 Å². The molecule has 1 aromatic carbocycles. The molecule has 0 saturated carbocycles. The molecule has 0 spiro atoms. The molecule has 1 saturated heterocycles. The van der Waals surface area contributed by atoms with E-state index in [0.717, 1.165) is 0 Å². The van der Waals surface area contributed by atoms with Crippen LogP contribution in [-0.2, 0) is 0 Å². The van der Waals surface area contributed by atoms with Gasteiger partial charge in [0.1, 0.15) is 0 Å². The van der Waals surface area contributed by atoms with Crippen molar-refractivity contribution in [1.82, 2.24) is 4.90 Å². The molecule has 0 atom stereocenters. The summed E-state index contributed by atoms with van der Waals surface area (Å²) in [6, 6.07) is 4.84. The lowest BCUT2D eigenvalue weighted by molar-refractivity contribution is -0.0826. The molecule has 5 N–H and O–H groups in total. The van der Waals surface area contributed by atoms with E-state index in [1.807, 2.05) is 6.92 Å². The Morgan fingerprint density at radius 2 is 2.12 bits per heavy atom. The van der Waals surface area contributed by atoms with Crippen LogP contribution in [0.3, 0.4) is 0 Å². The van der Waals surface area contributed by atoms with E-state index in [1.165, 1.54) is 0 Å². The number of likely N-dealkylation sites (tertiary alicyclic amines) is 1. The zero-order valence-electron chi connectivity index (χ0n) is 9.81. The van der Waals surface area contributed by atoms with Gasteiger partial charge in [0.05, 0.1) is 24.3 Å². The van der Waals surface area contributed by atoms with Gasteiger partial charge in [-0.2, -0.15) is 0 Å². The Bertz CT molecular complexity index is 453. The summed E-state index contributed by atoms with van der Waals surface area (Å²) in [4.78, 5) is 13.6. The van der Waals surface area contributed by atoms with E-state index in [1.54, 1.807) is 23.1 Å². The Kier molecular flexibility index (Phi) is 2.71. The number of nitrogen functional groups attached to an aromatic ring is 2. The second-order valence-corrected chi connectivity index (χ2v) is 4.59. The third-order valence-electron chi connectivity index (χ3n) is 3.22. The molecule has 0 aliphatic carbocycles. The Morgan fingerprint density at radius 3 is 2.65 bits per heavy atom. The summed E-state index contributed by atoms with van der Waals surface area (Å²) in [5, 5.41) is 9.85. The van der Waals surface area contributed by atoms with Gasteiger partial charge in [-0.1, -0.05) is 6.92 Å². The molecule has 5 nitrogen and oxygen atoms in total. The highest BCUT2D eigenvalue weighted by Crippen LogP contribution is 2.27. The molecule has 1 amide bonds. The monoisotopic (exact) mass is 235 g/mol. The fourth-order valence-electron chi connectivity index (χ4n) is 1.98. The normalized spacial score (nSPS) is 17.6. The van der Waals surface area contributed by atoms with E-state index >= 15 is 0 Å². The number of benzene rings is 1. The number of carbonyl (C=O) groups is 1.